The third-order valence-electron chi connectivity index (χ3n) is 3.98. The van der Waals surface area contributed by atoms with Crippen LogP contribution in [-0.2, 0) is 4.79 Å². The molecule has 134 valence electrons. The van der Waals surface area contributed by atoms with Crippen LogP contribution in [-0.4, -0.2) is 17.5 Å². The van der Waals surface area contributed by atoms with Gasteiger partial charge in [0, 0.05) is 10.9 Å². The van der Waals surface area contributed by atoms with Crippen LogP contribution in [0.4, 0.5) is 9.52 Å². The summed E-state index contributed by atoms with van der Waals surface area (Å²) in [5.74, 6) is -0.239. The van der Waals surface area contributed by atoms with Gasteiger partial charge in [0.05, 0.1) is 5.69 Å². The highest BCUT2D eigenvalue weighted by molar-refractivity contribution is 7.14. The van der Waals surface area contributed by atoms with Crippen LogP contribution in [0.2, 0.25) is 0 Å². The molecule has 0 unspecified atom stereocenters. The molecule has 1 aromatic heterocycles. The lowest BCUT2D eigenvalue weighted by Gasteiger charge is -2.05. The highest BCUT2D eigenvalue weighted by Gasteiger charge is 2.09. The molecule has 0 fully saturated rings. The number of rotatable bonds is 5. The van der Waals surface area contributed by atoms with E-state index in [1.54, 1.807) is 0 Å². The van der Waals surface area contributed by atoms with Crippen molar-refractivity contribution < 1.29 is 13.9 Å². The number of hydrogen-bond donors (Lipinski definition) is 1. The summed E-state index contributed by atoms with van der Waals surface area (Å²) in [5, 5.41) is 7.44. The van der Waals surface area contributed by atoms with E-state index in [2.05, 4.69) is 34.6 Å². The Bertz CT molecular complexity index is 1090. The quantitative estimate of drug-likeness (QED) is 0.524. The number of nitrogens with zero attached hydrogens (tertiary/aromatic N) is 1. The van der Waals surface area contributed by atoms with Gasteiger partial charge in [-0.3, -0.25) is 10.1 Å². The topological polar surface area (TPSA) is 51.2 Å². The molecular formula is C21H15FN2O2S. The number of fused-ring (bicyclic) bond motifs is 1. The largest absolute Gasteiger partial charge is 0.484 e. The molecule has 0 aliphatic rings. The smallest absolute Gasteiger partial charge is 0.264 e. The Morgan fingerprint density at radius 2 is 1.81 bits per heavy atom. The fraction of sp³-hybridized carbons (Fsp3) is 0.0476. The summed E-state index contributed by atoms with van der Waals surface area (Å²) in [5.41, 5.74) is 1.80. The Balaban J connectivity index is 1.41. The van der Waals surface area contributed by atoms with Crippen LogP contribution >= 0.6 is 11.3 Å². The molecule has 0 aliphatic carbocycles. The minimum absolute atomic E-state index is 0.170. The number of ether oxygens (including phenoxy) is 1. The Morgan fingerprint density at radius 1 is 1.04 bits per heavy atom. The van der Waals surface area contributed by atoms with Gasteiger partial charge in [0.15, 0.2) is 11.7 Å². The highest BCUT2D eigenvalue weighted by Crippen LogP contribution is 2.27. The van der Waals surface area contributed by atoms with E-state index >= 15 is 0 Å². The molecule has 0 atom stereocenters. The van der Waals surface area contributed by atoms with Gasteiger partial charge in [0.25, 0.3) is 5.91 Å². The number of benzene rings is 3. The lowest BCUT2D eigenvalue weighted by molar-refractivity contribution is -0.118. The first-order valence-electron chi connectivity index (χ1n) is 8.30. The Morgan fingerprint density at radius 3 is 2.63 bits per heavy atom. The maximum absolute atomic E-state index is 12.9. The molecule has 3 aromatic carbocycles. The molecular weight excluding hydrogens is 363 g/mol. The monoisotopic (exact) mass is 378 g/mol. The van der Waals surface area contributed by atoms with E-state index in [9.17, 15) is 9.18 Å². The molecule has 0 radical (unpaired) electrons. The summed E-state index contributed by atoms with van der Waals surface area (Å²) in [4.78, 5) is 16.5. The van der Waals surface area contributed by atoms with Gasteiger partial charge in [-0.25, -0.2) is 9.37 Å². The van der Waals surface area contributed by atoms with Gasteiger partial charge in [0.1, 0.15) is 11.6 Å². The second-order valence-corrected chi connectivity index (χ2v) is 6.75. The number of amides is 1. The van der Waals surface area contributed by atoms with Crippen LogP contribution in [0.3, 0.4) is 0 Å². The first-order valence-corrected chi connectivity index (χ1v) is 9.18. The predicted molar refractivity (Wildman–Crippen MR) is 106 cm³/mol. The van der Waals surface area contributed by atoms with Crippen molar-refractivity contribution in [3.8, 4) is 17.0 Å². The van der Waals surface area contributed by atoms with Crippen molar-refractivity contribution in [3.63, 3.8) is 0 Å². The predicted octanol–water partition coefficient (Wildman–Crippen LogP) is 5.12. The van der Waals surface area contributed by atoms with Gasteiger partial charge in [0.2, 0.25) is 0 Å². The highest BCUT2D eigenvalue weighted by atomic mass is 32.1. The molecule has 0 saturated heterocycles. The standard InChI is InChI=1S/C21H15FN2O2S/c22-17-7-9-18(10-8-17)26-12-20(25)24-21-23-19(13-27-21)16-6-5-14-3-1-2-4-15(14)11-16/h1-11,13H,12H2,(H,23,24,25). The average Bonchev–Trinajstić information content (AvgIpc) is 3.15. The van der Waals surface area contributed by atoms with Crippen LogP contribution in [0.15, 0.2) is 72.1 Å². The van der Waals surface area contributed by atoms with Crippen molar-refractivity contribution >= 4 is 33.1 Å². The molecule has 0 aliphatic heterocycles. The van der Waals surface area contributed by atoms with Crippen LogP contribution in [0, 0.1) is 5.82 Å². The summed E-state index contributed by atoms with van der Waals surface area (Å²) < 4.78 is 18.2. The van der Waals surface area contributed by atoms with Gasteiger partial charge in [-0.1, -0.05) is 36.4 Å². The molecule has 1 N–H and O–H groups in total. The second-order valence-electron chi connectivity index (χ2n) is 5.89. The molecule has 4 nitrogen and oxygen atoms in total. The molecule has 0 spiro atoms. The van der Waals surface area contributed by atoms with E-state index < -0.39 is 0 Å². The zero-order valence-electron chi connectivity index (χ0n) is 14.2. The minimum Gasteiger partial charge on any atom is -0.484 e. The van der Waals surface area contributed by atoms with Crippen LogP contribution in [0.25, 0.3) is 22.0 Å². The third kappa shape index (κ3) is 4.12. The third-order valence-corrected chi connectivity index (χ3v) is 4.74. The number of nitrogens with one attached hydrogen (secondary N) is 1. The zero-order chi connectivity index (χ0) is 18.6. The SMILES string of the molecule is O=C(COc1ccc(F)cc1)Nc1nc(-c2ccc3ccccc3c2)cs1. The van der Waals surface area contributed by atoms with Crippen molar-refractivity contribution in [2.75, 3.05) is 11.9 Å². The molecule has 0 saturated carbocycles. The van der Waals surface area contributed by atoms with E-state index in [1.807, 2.05) is 23.6 Å². The number of carbonyl (C=O) groups excluding carboxylic acids is 1. The lowest BCUT2D eigenvalue weighted by atomic mass is 10.1. The molecule has 4 rings (SSSR count). The second kappa shape index (κ2) is 7.55. The lowest BCUT2D eigenvalue weighted by Crippen LogP contribution is -2.20. The van der Waals surface area contributed by atoms with Crippen molar-refractivity contribution in [2.45, 2.75) is 0 Å². The minimum atomic E-state index is -0.351. The molecule has 1 amide bonds. The summed E-state index contributed by atoms with van der Waals surface area (Å²) in [6.07, 6.45) is 0. The van der Waals surface area contributed by atoms with Crippen LogP contribution in [0.5, 0.6) is 5.75 Å². The average molecular weight is 378 g/mol. The molecule has 0 bridgehead atoms. The van der Waals surface area contributed by atoms with Gasteiger partial charge < -0.3 is 4.74 Å². The van der Waals surface area contributed by atoms with Crippen molar-refractivity contribution in [1.29, 1.82) is 0 Å². The van der Waals surface area contributed by atoms with Crippen molar-refractivity contribution in [1.82, 2.24) is 4.98 Å². The van der Waals surface area contributed by atoms with Gasteiger partial charge in [-0.05, 0) is 41.1 Å². The number of anilines is 1. The van der Waals surface area contributed by atoms with Gasteiger partial charge in [-0.15, -0.1) is 11.3 Å². The summed E-state index contributed by atoms with van der Waals surface area (Å²) in [6.45, 7) is -0.170. The van der Waals surface area contributed by atoms with Crippen molar-refractivity contribution in [2.24, 2.45) is 0 Å². The first kappa shape index (κ1) is 17.2. The normalized spacial score (nSPS) is 10.7. The van der Waals surface area contributed by atoms with E-state index in [0.29, 0.717) is 10.9 Å². The molecule has 27 heavy (non-hydrogen) atoms. The van der Waals surface area contributed by atoms with Crippen molar-refractivity contribution in [3.05, 3.63) is 77.9 Å². The maximum Gasteiger partial charge on any atom is 0.264 e. The van der Waals surface area contributed by atoms with E-state index in [0.717, 1.165) is 16.6 Å². The number of halogens is 1. The van der Waals surface area contributed by atoms with E-state index in [1.165, 1.54) is 41.0 Å². The number of aromatic nitrogens is 1. The van der Waals surface area contributed by atoms with E-state index in [-0.39, 0.29) is 18.3 Å². The Labute approximate surface area is 159 Å². The Kier molecular flexibility index (Phi) is 4.80. The van der Waals surface area contributed by atoms with Crippen LogP contribution in [0.1, 0.15) is 0 Å². The summed E-state index contributed by atoms with van der Waals surface area (Å²) in [6, 6.07) is 19.8. The fourth-order valence-electron chi connectivity index (χ4n) is 2.65. The molecule has 6 heteroatoms. The van der Waals surface area contributed by atoms with Gasteiger partial charge in [-0.2, -0.15) is 0 Å². The van der Waals surface area contributed by atoms with Gasteiger partial charge >= 0.3 is 0 Å². The zero-order valence-corrected chi connectivity index (χ0v) is 15.0. The maximum atomic E-state index is 12.9. The summed E-state index contributed by atoms with van der Waals surface area (Å²) >= 11 is 1.35. The fourth-order valence-corrected chi connectivity index (χ4v) is 3.38. The summed E-state index contributed by atoms with van der Waals surface area (Å²) in [7, 11) is 0. The van der Waals surface area contributed by atoms with E-state index in [4.69, 9.17) is 4.74 Å². The number of carbonyl (C=O) groups is 1. The number of thiazole rings is 1. The first-order chi connectivity index (χ1) is 13.2. The van der Waals surface area contributed by atoms with Crippen LogP contribution < -0.4 is 10.1 Å². The molecule has 4 aromatic rings. The molecule has 1 heterocycles. The Hall–Kier alpha value is -3.25. The number of hydrogen-bond acceptors (Lipinski definition) is 4.